The summed E-state index contributed by atoms with van der Waals surface area (Å²) < 4.78 is 0. The van der Waals surface area contributed by atoms with Crippen molar-refractivity contribution in [1.82, 2.24) is 0 Å². The second-order valence-corrected chi connectivity index (χ2v) is 6.02. The molecule has 118 valence electrons. The highest BCUT2D eigenvalue weighted by atomic mass is 16.2. The fourth-order valence-electron chi connectivity index (χ4n) is 1.77. The number of rotatable bonds is 8. The lowest BCUT2D eigenvalue weighted by Crippen LogP contribution is -2.14. The van der Waals surface area contributed by atoms with Gasteiger partial charge >= 0.3 is 0 Å². The Balaban J connectivity index is 2.74. The fourth-order valence-corrected chi connectivity index (χ4v) is 1.77. The summed E-state index contributed by atoms with van der Waals surface area (Å²) >= 11 is 0. The van der Waals surface area contributed by atoms with Gasteiger partial charge in [-0.05, 0) is 0 Å². The van der Waals surface area contributed by atoms with Crippen LogP contribution < -0.4 is 0 Å². The van der Waals surface area contributed by atoms with Crippen molar-refractivity contribution in [2.24, 2.45) is 11.8 Å². The number of hydrogen-bond acceptors (Lipinski definition) is 4. The van der Waals surface area contributed by atoms with E-state index in [1.165, 1.54) is 24.3 Å². The predicted molar refractivity (Wildman–Crippen MR) is 84.0 cm³/mol. The maximum absolute atomic E-state index is 11.9. The van der Waals surface area contributed by atoms with E-state index in [2.05, 4.69) is 0 Å². The molecule has 0 fully saturated rings. The Morgan fingerprint density at radius 2 is 0.955 bits per heavy atom. The van der Waals surface area contributed by atoms with Gasteiger partial charge in [0.05, 0.1) is 12.8 Å². The van der Waals surface area contributed by atoms with Gasteiger partial charge in [0.1, 0.15) is 11.6 Å². The molecule has 0 amide bonds. The minimum Gasteiger partial charge on any atom is -0.299 e. The monoisotopic (exact) mass is 302 g/mol. The minimum absolute atomic E-state index is 0.104. The molecule has 0 spiro atoms. The molecule has 1 aromatic carbocycles. The Kier molecular flexibility index (Phi) is 6.35. The van der Waals surface area contributed by atoms with Crippen molar-refractivity contribution in [1.29, 1.82) is 0 Å². The van der Waals surface area contributed by atoms with Crippen molar-refractivity contribution in [2.75, 3.05) is 0 Å². The number of carbonyl (C=O) groups excluding carboxylic acids is 4. The van der Waals surface area contributed by atoms with Crippen molar-refractivity contribution in [3.8, 4) is 0 Å². The Morgan fingerprint density at radius 3 is 1.18 bits per heavy atom. The molecule has 0 aliphatic rings. The first kappa shape index (κ1) is 18.0. The van der Waals surface area contributed by atoms with Crippen LogP contribution in [0.3, 0.4) is 0 Å². The van der Waals surface area contributed by atoms with Crippen LogP contribution >= 0.6 is 0 Å². The Bertz CT molecular complexity index is 527. The summed E-state index contributed by atoms with van der Waals surface area (Å²) in [5.41, 5.74) is 0.807. The van der Waals surface area contributed by atoms with E-state index in [1.54, 1.807) is 27.7 Å². The van der Waals surface area contributed by atoms with Gasteiger partial charge in [0, 0.05) is 23.0 Å². The molecule has 0 aliphatic heterocycles. The SMILES string of the molecule is CC(C)C(=O)CC(=O)c1ccc(C(=O)CC(=O)C(C)C)cc1. The Hall–Kier alpha value is -2.10. The van der Waals surface area contributed by atoms with Crippen LogP contribution in [0.4, 0.5) is 0 Å². The van der Waals surface area contributed by atoms with E-state index >= 15 is 0 Å². The molecule has 0 saturated carbocycles. The van der Waals surface area contributed by atoms with Crippen LogP contribution in [0, 0.1) is 11.8 Å². The summed E-state index contributed by atoms with van der Waals surface area (Å²) in [6.45, 7) is 7.01. The van der Waals surface area contributed by atoms with Gasteiger partial charge < -0.3 is 0 Å². The fraction of sp³-hybridized carbons (Fsp3) is 0.444. The highest BCUT2D eigenvalue weighted by Crippen LogP contribution is 2.12. The molecular weight excluding hydrogens is 280 g/mol. The van der Waals surface area contributed by atoms with Crippen molar-refractivity contribution >= 4 is 23.1 Å². The summed E-state index contributed by atoms with van der Waals surface area (Å²) in [7, 11) is 0. The average molecular weight is 302 g/mol. The zero-order chi connectivity index (χ0) is 16.9. The van der Waals surface area contributed by atoms with Crippen LogP contribution in [-0.2, 0) is 9.59 Å². The molecule has 0 aliphatic carbocycles. The number of carbonyl (C=O) groups is 4. The van der Waals surface area contributed by atoms with Crippen LogP contribution in [0.15, 0.2) is 24.3 Å². The summed E-state index contributed by atoms with van der Waals surface area (Å²) in [6, 6.07) is 6.12. The summed E-state index contributed by atoms with van der Waals surface area (Å²) in [5, 5.41) is 0. The molecule has 0 unspecified atom stereocenters. The third kappa shape index (κ3) is 5.02. The predicted octanol–water partition coefficient (Wildman–Crippen LogP) is 3.28. The second-order valence-electron chi connectivity index (χ2n) is 6.02. The molecule has 22 heavy (non-hydrogen) atoms. The molecule has 0 atom stereocenters. The summed E-state index contributed by atoms with van der Waals surface area (Å²) in [6.07, 6.45) is -0.256. The molecule has 0 N–H and O–H groups in total. The third-order valence-electron chi connectivity index (χ3n) is 3.49. The molecule has 0 bridgehead atoms. The summed E-state index contributed by atoms with van der Waals surface area (Å²) in [5.74, 6) is -1.06. The smallest absolute Gasteiger partial charge is 0.170 e. The van der Waals surface area contributed by atoms with Gasteiger partial charge in [-0.3, -0.25) is 19.2 Å². The third-order valence-corrected chi connectivity index (χ3v) is 3.49. The van der Waals surface area contributed by atoms with Gasteiger partial charge in [-0.1, -0.05) is 52.0 Å². The molecule has 1 aromatic rings. The highest BCUT2D eigenvalue weighted by molar-refractivity contribution is 6.10. The van der Waals surface area contributed by atoms with Gasteiger partial charge in [-0.2, -0.15) is 0 Å². The van der Waals surface area contributed by atoms with Crippen molar-refractivity contribution in [3.63, 3.8) is 0 Å². The maximum Gasteiger partial charge on any atom is 0.170 e. The Labute approximate surface area is 130 Å². The van der Waals surface area contributed by atoms with Crippen LogP contribution in [0.5, 0.6) is 0 Å². The van der Waals surface area contributed by atoms with Crippen LogP contribution in [0.25, 0.3) is 0 Å². The van der Waals surface area contributed by atoms with Gasteiger partial charge in [0.2, 0.25) is 0 Å². The summed E-state index contributed by atoms with van der Waals surface area (Å²) in [4.78, 5) is 47.0. The first-order chi connectivity index (χ1) is 10.2. The van der Waals surface area contributed by atoms with E-state index < -0.39 is 0 Å². The van der Waals surface area contributed by atoms with Crippen LogP contribution in [0.2, 0.25) is 0 Å². The normalized spacial score (nSPS) is 10.8. The van der Waals surface area contributed by atoms with E-state index in [-0.39, 0.29) is 47.8 Å². The van der Waals surface area contributed by atoms with Gasteiger partial charge in [0.25, 0.3) is 0 Å². The minimum atomic E-state index is -0.254. The number of benzene rings is 1. The van der Waals surface area contributed by atoms with Crippen LogP contribution in [-0.4, -0.2) is 23.1 Å². The van der Waals surface area contributed by atoms with Crippen LogP contribution in [0.1, 0.15) is 61.3 Å². The molecule has 0 radical (unpaired) electrons. The Morgan fingerprint density at radius 1 is 0.682 bits per heavy atom. The second kappa shape index (κ2) is 7.78. The maximum atomic E-state index is 11.9. The first-order valence-electron chi connectivity index (χ1n) is 7.44. The highest BCUT2D eigenvalue weighted by Gasteiger charge is 2.17. The molecular formula is C18H22O4. The largest absolute Gasteiger partial charge is 0.299 e. The van der Waals surface area contributed by atoms with E-state index in [9.17, 15) is 19.2 Å². The van der Waals surface area contributed by atoms with Gasteiger partial charge in [0.15, 0.2) is 11.6 Å². The molecule has 0 heterocycles. The van der Waals surface area contributed by atoms with Crippen molar-refractivity contribution in [3.05, 3.63) is 35.4 Å². The zero-order valence-electron chi connectivity index (χ0n) is 13.5. The van der Waals surface area contributed by atoms with E-state index in [0.717, 1.165) is 0 Å². The first-order valence-corrected chi connectivity index (χ1v) is 7.44. The topological polar surface area (TPSA) is 68.3 Å². The number of ketones is 4. The average Bonchev–Trinajstić information content (AvgIpc) is 2.46. The zero-order valence-corrected chi connectivity index (χ0v) is 13.5. The van der Waals surface area contributed by atoms with E-state index in [1.807, 2.05) is 0 Å². The van der Waals surface area contributed by atoms with Crippen molar-refractivity contribution < 1.29 is 19.2 Å². The molecule has 4 heteroatoms. The lowest BCUT2D eigenvalue weighted by molar-refractivity contribution is -0.121. The number of Topliss-reactive ketones (excluding diaryl/α,β-unsaturated/α-hetero) is 4. The van der Waals surface area contributed by atoms with E-state index in [4.69, 9.17) is 0 Å². The van der Waals surface area contributed by atoms with Gasteiger partial charge in [-0.15, -0.1) is 0 Å². The van der Waals surface area contributed by atoms with E-state index in [0.29, 0.717) is 11.1 Å². The van der Waals surface area contributed by atoms with Gasteiger partial charge in [-0.25, -0.2) is 0 Å². The molecule has 0 aromatic heterocycles. The lowest BCUT2D eigenvalue weighted by Gasteiger charge is -2.06. The molecule has 1 rings (SSSR count). The molecule has 0 saturated heterocycles. The number of hydrogen-bond donors (Lipinski definition) is 0. The quantitative estimate of drug-likeness (QED) is 0.546. The lowest BCUT2D eigenvalue weighted by atomic mass is 9.96. The standard InChI is InChI=1S/C18H22O4/c1-11(2)15(19)9-17(21)13-5-7-14(8-6-13)18(22)10-16(20)12(3)4/h5-8,11-12H,9-10H2,1-4H3. The van der Waals surface area contributed by atoms with Crippen molar-refractivity contribution in [2.45, 2.75) is 40.5 Å². The molecule has 4 nitrogen and oxygen atoms in total.